The number of aryl methyl sites for hydroxylation is 2. The van der Waals surface area contributed by atoms with E-state index in [0.717, 1.165) is 57.8 Å². The molecule has 0 radical (unpaired) electrons. The summed E-state index contributed by atoms with van der Waals surface area (Å²) in [5.74, 6) is 1.52. The zero-order chi connectivity index (χ0) is 27.4. The fourth-order valence-corrected chi connectivity index (χ4v) is 6.99. The van der Waals surface area contributed by atoms with Gasteiger partial charge in [-0.25, -0.2) is 4.98 Å². The van der Waals surface area contributed by atoms with E-state index in [1.807, 2.05) is 46.7 Å². The minimum atomic E-state index is -0.315. The molecule has 2 N–H and O–H groups in total. The van der Waals surface area contributed by atoms with E-state index in [1.54, 1.807) is 11.5 Å². The van der Waals surface area contributed by atoms with Crippen molar-refractivity contribution in [2.75, 3.05) is 18.9 Å². The van der Waals surface area contributed by atoms with Gasteiger partial charge in [0.2, 0.25) is 0 Å². The Bertz CT molecular complexity index is 1400. The molecule has 0 atom stereocenters. The van der Waals surface area contributed by atoms with E-state index >= 15 is 0 Å². The number of esters is 1. The van der Waals surface area contributed by atoms with Crippen LogP contribution in [-0.4, -0.2) is 39.2 Å². The van der Waals surface area contributed by atoms with Gasteiger partial charge in [0.05, 0.1) is 35.6 Å². The molecule has 204 valence electrons. The first kappa shape index (κ1) is 28.5. The van der Waals surface area contributed by atoms with Crippen LogP contribution in [0.3, 0.4) is 0 Å². The summed E-state index contributed by atoms with van der Waals surface area (Å²) in [6.07, 6.45) is 2.05. The Kier molecular flexibility index (Phi) is 9.11. The molecule has 1 aromatic carbocycles. The molecule has 0 fully saturated rings. The highest BCUT2D eigenvalue weighted by Crippen LogP contribution is 2.38. The monoisotopic (exact) mass is 555 g/mol. The number of benzene rings is 1. The molecule has 38 heavy (non-hydrogen) atoms. The molecule has 3 heterocycles. The predicted octanol–water partition coefficient (Wildman–Crippen LogP) is 5.64. The fourth-order valence-electron chi connectivity index (χ4n) is 4.52. The van der Waals surface area contributed by atoms with Gasteiger partial charge in [0.15, 0.2) is 0 Å². The number of ether oxygens (including phenoxy) is 2. The highest BCUT2D eigenvalue weighted by Gasteiger charge is 2.27. The smallest absolute Gasteiger partial charge is 0.305 e. The Morgan fingerprint density at radius 2 is 2.00 bits per heavy atom. The van der Waals surface area contributed by atoms with Crippen molar-refractivity contribution in [2.45, 2.75) is 71.8 Å². The molecule has 2 aromatic heterocycles. The summed E-state index contributed by atoms with van der Waals surface area (Å²) in [5, 5.41) is 1.06. The Balaban J connectivity index is 1.54. The minimum absolute atomic E-state index is 0.00726. The van der Waals surface area contributed by atoms with Crippen molar-refractivity contribution in [3.8, 4) is 17.1 Å². The number of rotatable bonds is 12. The molecule has 4 rings (SSSR count). The van der Waals surface area contributed by atoms with E-state index in [-0.39, 0.29) is 29.3 Å². The average molecular weight is 556 g/mol. The topological polar surface area (TPSA) is 96.4 Å². The minimum Gasteiger partial charge on any atom is -0.494 e. The zero-order valence-corrected chi connectivity index (χ0v) is 24.5. The first-order chi connectivity index (χ1) is 18.2. The Morgan fingerprint density at radius 1 is 1.21 bits per heavy atom. The maximum atomic E-state index is 13.4. The Hall–Kier alpha value is -2.49. The summed E-state index contributed by atoms with van der Waals surface area (Å²) in [7, 11) is 3.67. The summed E-state index contributed by atoms with van der Waals surface area (Å²) in [5.41, 5.74) is 11.8. The van der Waals surface area contributed by atoms with Gasteiger partial charge in [0, 0.05) is 34.4 Å². The van der Waals surface area contributed by atoms with Crippen molar-refractivity contribution in [3.63, 3.8) is 0 Å². The Morgan fingerprint density at radius 3 is 2.71 bits per heavy atom. The predicted molar refractivity (Wildman–Crippen MR) is 158 cm³/mol. The third-order valence-corrected chi connectivity index (χ3v) is 10.2. The number of hydrogen-bond donors (Lipinski definition) is 1. The first-order valence-electron chi connectivity index (χ1n) is 13.2. The summed E-state index contributed by atoms with van der Waals surface area (Å²) >= 11 is 0. The van der Waals surface area contributed by atoms with Gasteiger partial charge >= 0.3 is 5.97 Å². The second-order valence-corrected chi connectivity index (χ2v) is 13.2. The van der Waals surface area contributed by atoms with Crippen LogP contribution in [0.2, 0.25) is 0 Å². The highest BCUT2D eigenvalue weighted by atomic mass is 33.1. The lowest BCUT2D eigenvalue weighted by Gasteiger charge is -2.20. The summed E-state index contributed by atoms with van der Waals surface area (Å²) < 4.78 is 13.2. The van der Waals surface area contributed by atoms with Crippen molar-refractivity contribution in [1.82, 2.24) is 9.55 Å². The molecule has 7 nitrogen and oxygen atoms in total. The maximum Gasteiger partial charge on any atom is 0.305 e. The lowest BCUT2D eigenvalue weighted by molar-refractivity contribution is -0.144. The maximum absolute atomic E-state index is 13.4. The van der Waals surface area contributed by atoms with Gasteiger partial charge in [-0.05, 0) is 69.0 Å². The van der Waals surface area contributed by atoms with Gasteiger partial charge < -0.3 is 19.8 Å². The average Bonchev–Trinajstić information content (AvgIpc) is 3.26. The van der Waals surface area contributed by atoms with Gasteiger partial charge in [-0.15, -0.1) is 0 Å². The number of aromatic nitrogens is 2. The number of pyridine rings is 2. The number of carbonyl (C=O) groups excluding carboxylic acids is 1. The molecule has 0 saturated carbocycles. The van der Waals surface area contributed by atoms with Crippen molar-refractivity contribution in [3.05, 3.63) is 56.9 Å². The number of hydrogen-bond acceptors (Lipinski definition) is 8. The SMILES string of the molecule is CCC(=O)OCc1c(C)cc2n(c1=O)Cc1c-2nc2ccc(OCCCSSC(C)(C)CN)cc2c1CC. The van der Waals surface area contributed by atoms with Crippen LogP contribution in [0.15, 0.2) is 29.1 Å². The van der Waals surface area contributed by atoms with Gasteiger partial charge in [0.1, 0.15) is 12.4 Å². The molecular formula is C29H37N3O4S2. The molecule has 0 spiro atoms. The normalized spacial score (nSPS) is 12.5. The first-order valence-corrected chi connectivity index (χ1v) is 15.5. The number of fused-ring (bicyclic) bond motifs is 4. The number of nitrogens with zero attached hydrogens (tertiary/aromatic N) is 2. The van der Waals surface area contributed by atoms with Crippen molar-refractivity contribution < 1.29 is 14.3 Å². The summed E-state index contributed by atoms with van der Waals surface area (Å²) in [6.45, 7) is 11.8. The van der Waals surface area contributed by atoms with Crippen LogP contribution in [0.1, 0.15) is 62.8 Å². The second kappa shape index (κ2) is 12.1. The van der Waals surface area contributed by atoms with Crippen LogP contribution in [0.4, 0.5) is 0 Å². The third-order valence-electron chi connectivity index (χ3n) is 6.79. The van der Waals surface area contributed by atoms with Crippen molar-refractivity contribution in [1.29, 1.82) is 0 Å². The van der Waals surface area contributed by atoms with Gasteiger partial charge in [0.25, 0.3) is 5.56 Å². The second-order valence-electron chi connectivity index (χ2n) is 10.1. The van der Waals surface area contributed by atoms with Gasteiger partial charge in [-0.2, -0.15) is 0 Å². The standard InChI is InChI=1S/C29H37N3O4S2/c1-6-20-21-14-19(35-11-8-12-37-38-29(4,5)17-30)9-10-24(21)31-27-22(20)15-32-25(27)13-18(3)23(28(32)34)16-36-26(33)7-2/h9-10,13-14H,6-8,11-12,15-17,30H2,1-5H3. The molecule has 0 amide bonds. The molecule has 3 aromatic rings. The molecule has 0 saturated heterocycles. The molecule has 1 aliphatic heterocycles. The quantitative estimate of drug-likeness (QED) is 0.136. The van der Waals surface area contributed by atoms with Gasteiger partial charge in [-0.3, -0.25) is 9.59 Å². The van der Waals surface area contributed by atoms with Crippen LogP contribution < -0.4 is 16.0 Å². The number of nitrogens with two attached hydrogens (primary N) is 1. The number of carbonyl (C=O) groups is 1. The van der Waals surface area contributed by atoms with E-state index in [1.165, 1.54) is 5.56 Å². The molecule has 0 unspecified atom stereocenters. The summed E-state index contributed by atoms with van der Waals surface area (Å²) in [4.78, 5) is 30.0. The third kappa shape index (κ3) is 6.05. The van der Waals surface area contributed by atoms with Crippen LogP contribution in [0, 0.1) is 6.92 Å². The largest absolute Gasteiger partial charge is 0.494 e. The van der Waals surface area contributed by atoms with Crippen molar-refractivity contribution >= 4 is 38.5 Å². The molecule has 0 bridgehead atoms. The van der Waals surface area contributed by atoms with Crippen molar-refractivity contribution in [2.24, 2.45) is 5.73 Å². The van der Waals surface area contributed by atoms with E-state index in [9.17, 15) is 9.59 Å². The van der Waals surface area contributed by atoms with Crippen LogP contribution in [-0.2, 0) is 29.1 Å². The van der Waals surface area contributed by atoms with Crippen LogP contribution >= 0.6 is 21.6 Å². The van der Waals surface area contributed by atoms with Crippen LogP contribution in [0.25, 0.3) is 22.3 Å². The fraction of sp³-hybridized carbons (Fsp3) is 0.483. The summed E-state index contributed by atoms with van der Waals surface area (Å²) in [6, 6.07) is 8.04. The van der Waals surface area contributed by atoms with Gasteiger partial charge in [-0.1, -0.05) is 35.4 Å². The Labute approximate surface area is 232 Å². The van der Waals surface area contributed by atoms with E-state index in [4.69, 9.17) is 20.2 Å². The lowest BCUT2D eigenvalue weighted by atomic mass is 9.98. The van der Waals surface area contributed by atoms with Crippen LogP contribution in [0.5, 0.6) is 5.75 Å². The van der Waals surface area contributed by atoms with E-state index < -0.39 is 0 Å². The zero-order valence-electron chi connectivity index (χ0n) is 22.9. The molecule has 9 heteroatoms. The lowest BCUT2D eigenvalue weighted by Crippen LogP contribution is -2.25. The highest BCUT2D eigenvalue weighted by molar-refractivity contribution is 8.77. The van der Waals surface area contributed by atoms with E-state index in [2.05, 4.69) is 26.8 Å². The van der Waals surface area contributed by atoms with E-state index in [0.29, 0.717) is 25.3 Å². The molecule has 1 aliphatic rings. The molecule has 0 aliphatic carbocycles. The molecular weight excluding hydrogens is 518 g/mol.